The van der Waals surface area contributed by atoms with Crippen molar-refractivity contribution in [3.8, 4) is 0 Å². The van der Waals surface area contributed by atoms with Crippen LogP contribution in [0.3, 0.4) is 0 Å². The van der Waals surface area contributed by atoms with Gasteiger partial charge >= 0.3 is 0 Å². The van der Waals surface area contributed by atoms with Crippen LogP contribution in [0.5, 0.6) is 0 Å². The highest BCUT2D eigenvalue weighted by Gasteiger charge is 2.14. The van der Waals surface area contributed by atoms with Crippen LogP contribution < -0.4 is 5.32 Å². The molecule has 1 aromatic heterocycles. The van der Waals surface area contributed by atoms with Crippen molar-refractivity contribution in [1.29, 1.82) is 0 Å². The molecule has 15 heavy (non-hydrogen) atoms. The van der Waals surface area contributed by atoms with Gasteiger partial charge in [-0.15, -0.1) is 0 Å². The Kier molecular flexibility index (Phi) is 3.81. The molecule has 0 aliphatic heterocycles. The molecule has 1 N–H and O–H groups in total. The van der Waals surface area contributed by atoms with Crippen LogP contribution in [0.2, 0.25) is 5.28 Å². The standard InChI is InChI=1S/C8H11ClN4O2/c1-10-6-4-5(11-8(9)12-6)7(14)13(2)15-3/h4H,1-3H3,(H,10,11,12). The van der Waals surface area contributed by atoms with E-state index in [2.05, 4.69) is 15.3 Å². The van der Waals surface area contributed by atoms with E-state index in [1.54, 1.807) is 7.05 Å². The SMILES string of the molecule is CNc1cc(C(=O)N(C)OC)nc(Cl)n1. The summed E-state index contributed by atoms with van der Waals surface area (Å²) in [5.41, 5.74) is 0.170. The zero-order valence-electron chi connectivity index (χ0n) is 8.61. The summed E-state index contributed by atoms with van der Waals surface area (Å²) in [6, 6.07) is 1.49. The fourth-order valence-electron chi connectivity index (χ4n) is 0.900. The number of rotatable bonds is 3. The van der Waals surface area contributed by atoms with Crippen LogP contribution >= 0.6 is 11.6 Å². The maximum Gasteiger partial charge on any atom is 0.295 e. The number of hydrogen-bond acceptors (Lipinski definition) is 5. The number of hydroxylamine groups is 2. The number of carbonyl (C=O) groups is 1. The Morgan fingerprint density at radius 2 is 2.27 bits per heavy atom. The zero-order valence-corrected chi connectivity index (χ0v) is 9.37. The minimum atomic E-state index is -0.390. The molecule has 7 heteroatoms. The molecular weight excluding hydrogens is 220 g/mol. The molecule has 1 amide bonds. The Morgan fingerprint density at radius 3 is 2.80 bits per heavy atom. The van der Waals surface area contributed by atoms with Crippen LogP contribution in [-0.2, 0) is 4.84 Å². The number of anilines is 1. The first-order valence-corrected chi connectivity index (χ1v) is 4.50. The van der Waals surface area contributed by atoms with Crippen molar-refractivity contribution in [3.05, 3.63) is 17.0 Å². The lowest BCUT2D eigenvalue weighted by atomic mass is 10.3. The van der Waals surface area contributed by atoms with E-state index in [0.717, 1.165) is 5.06 Å². The van der Waals surface area contributed by atoms with Gasteiger partial charge in [0, 0.05) is 20.2 Å². The van der Waals surface area contributed by atoms with E-state index in [1.165, 1.54) is 20.2 Å². The van der Waals surface area contributed by atoms with Gasteiger partial charge in [0.05, 0.1) is 7.11 Å². The number of amides is 1. The normalized spacial score (nSPS) is 9.87. The summed E-state index contributed by atoms with van der Waals surface area (Å²) in [4.78, 5) is 24.0. The number of hydrogen-bond donors (Lipinski definition) is 1. The number of aromatic nitrogens is 2. The lowest BCUT2D eigenvalue weighted by molar-refractivity contribution is -0.0760. The maximum atomic E-state index is 11.6. The predicted octanol–water partition coefficient (Wildman–Crippen LogP) is 0.805. The molecule has 1 aromatic rings. The lowest BCUT2D eigenvalue weighted by Gasteiger charge is -2.13. The monoisotopic (exact) mass is 230 g/mol. The first-order valence-electron chi connectivity index (χ1n) is 4.13. The summed E-state index contributed by atoms with van der Waals surface area (Å²) >= 11 is 5.65. The summed E-state index contributed by atoms with van der Waals surface area (Å²) in [5, 5.41) is 3.84. The van der Waals surface area contributed by atoms with Gasteiger partial charge in [0.1, 0.15) is 11.5 Å². The summed E-state index contributed by atoms with van der Waals surface area (Å²) in [6.07, 6.45) is 0. The quantitative estimate of drug-likeness (QED) is 0.615. The summed E-state index contributed by atoms with van der Waals surface area (Å²) in [7, 11) is 4.55. The molecule has 0 saturated carbocycles. The highest BCUT2D eigenvalue weighted by Crippen LogP contribution is 2.11. The largest absolute Gasteiger partial charge is 0.373 e. The van der Waals surface area contributed by atoms with Crippen LogP contribution in [0.1, 0.15) is 10.5 Å². The minimum Gasteiger partial charge on any atom is -0.373 e. The summed E-state index contributed by atoms with van der Waals surface area (Å²) in [6.45, 7) is 0. The van der Waals surface area contributed by atoms with Crippen LogP contribution in [0.25, 0.3) is 0 Å². The van der Waals surface area contributed by atoms with Crippen molar-refractivity contribution in [3.63, 3.8) is 0 Å². The Hall–Kier alpha value is -1.40. The molecule has 0 spiro atoms. The Morgan fingerprint density at radius 1 is 1.60 bits per heavy atom. The Labute approximate surface area is 92.2 Å². The number of nitrogens with one attached hydrogen (secondary N) is 1. The second kappa shape index (κ2) is 4.90. The van der Waals surface area contributed by atoms with E-state index in [-0.39, 0.29) is 11.0 Å². The zero-order chi connectivity index (χ0) is 11.4. The Balaban J connectivity index is 3.03. The molecule has 0 unspecified atom stereocenters. The van der Waals surface area contributed by atoms with Crippen molar-refractivity contribution >= 4 is 23.3 Å². The number of nitrogens with zero attached hydrogens (tertiary/aromatic N) is 3. The van der Waals surface area contributed by atoms with E-state index in [0.29, 0.717) is 5.82 Å². The number of carbonyl (C=O) groups excluding carboxylic acids is 1. The molecule has 0 atom stereocenters. The molecule has 0 aliphatic carbocycles. The fraction of sp³-hybridized carbons (Fsp3) is 0.375. The first kappa shape index (κ1) is 11.7. The smallest absolute Gasteiger partial charge is 0.295 e. The molecule has 6 nitrogen and oxygen atoms in total. The molecule has 1 rings (SSSR count). The predicted molar refractivity (Wildman–Crippen MR) is 55.7 cm³/mol. The van der Waals surface area contributed by atoms with Gasteiger partial charge in [-0.3, -0.25) is 9.63 Å². The third kappa shape index (κ3) is 2.77. The van der Waals surface area contributed by atoms with Crippen molar-refractivity contribution in [2.45, 2.75) is 0 Å². The fourth-order valence-corrected chi connectivity index (χ4v) is 1.08. The van der Waals surface area contributed by atoms with E-state index in [4.69, 9.17) is 16.4 Å². The third-order valence-corrected chi connectivity index (χ3v) is 1.90. The minimum absolute atomic E-state index is 0.00898. The van der Waals surface area contributed by atoms with Gasteiger partial charge in [-0.25, -0.2) is 15.0 Å². The van der Waals surface area contributed by atoms with E-state index < -0.39 is 5.91 Å². The maximum absolute atomic E-state index is 11.6. The van der Waals surface area contributed by atoms with Gasteiger partial charge in [-0.2, -0.15) is 0 Å². The molecule has 82 valence electrons. The van der Waals surface area contributed by atoms with Crippen molar-refractivity contribution in [2.24, 2.45) is 0 Å². The molecular formula is C8H11ClN4O2. The molecule has 0 saturated heterocycles. The molecule has 0 aromatic carbocycles. The third-order valence-electron chi connectivity index (χ3n) is 1.73. The molecule has 0 radical (unpaired) electrons. The second-order valence-electron chi connectivity index (χ2n) is 2.64. The topological polar surface area (TPSA) is 67.4 Å². The van der Waals surface area contributed by atoms with E-state index in [9.17, 15) is 4.79 Å². The van der Waals surface area contributed by atoms with Gasteiger partial charge in [-0.05, 0) is 11.6 Å². The summed E-state index contributed by atoms with van der Waals surface area (Å²) in [5.74, 6) is 0.0844. The second-order valence-corrected chi connectivity index (χ2v) is 2.98. The molecule has 1 heterocycles. The van der Waals surface area contributed by atoms with Crippen LogP contribution in [0.4, 0.5) is 5.82 Å². The van der Waals surface area contributed by atoms with Gasteiger partial charge < -0.3 is 5.32 Å². The number of halogens is 1. The lowest BCUT2D eigenvalue weighted by Crippen LogP contribution is -2.26. The van der Waals surface area contributed by atoms with Crippen LogP contribution in [0.15, 0.2) is 6.07 Å². The first-order chi connectivity index (χ1) is 7.08. The van der Waals surface area contributed by atoms with E-state index in [1.807, 2.05) is 0 Å². The van der Waals surface area contributed by atoms with Crippen LogP contribution in [-0.4, -0.2) is 42.1 Å². The van der Waals surface area contributed by atoms with Gasteiger partial charge in [-0.1, -0.05) is 0 Å². The average Bonchev–Trinajstić information content (AvgIpc) is 2.26. The van der Waals surface area contributed by atoms with Crippen molar-refractivity contribution in [1.82, 2.24) is 15.0 Å². The van der Waals surface area contributed by atoms with Crippen molar-refractivity contribution in [2.75, 3.05) is 26.5 Å². The van der Waals surface area contributed by atoms with Crippen molar-refractivity contribution < 1.29 is 9.63 Å². The van der Waals surface area contributed by atoms with Gasteiger partial charge in [0.2, 0.25) is 5.28 Å². The van der Waals surface area contributed by atoms with Gasteiger partial charge in [0.15, 0.2) is 0 Å². The molecule has 0 fully saturated rings. The Bertz CT molecular complexity index is 372. The molecule has 0 bridgehead atoms. The average molecular weight is 231 g/mol. The summed E-state index contributed by atoms with van der Waals surface area (Å²) < 4.78 is 0. The van der Waals surface area contributed by atoms with Gasteiger partial charge in [0.25, 0.3) is 5.91 Å². The van der Waals surface area contributed by atoms with Crippen LogP contribution in [0, 0.1) is 0 Å². The molecule has 0 aliphatic rings. The highest BCUT2D eigenvalue weighted by molar-refractivity contribution is 6.28. The highest BCUT2D eigenvalue weighted by atomic mass is 35.5. The van der Waals surface area contributed by atoms with E-state index >= 15 is 0 Å².